The maximum atomic E-state index is 5.86. The number of benzene rings is 1. The molecule has 1 saturated carbocycles. The van der Waals surface area contributed by atoms with Gasteiger partial charge in [-0.25, -0.2) is 0 Å². The van der Waals surface area contributed by atoms with Gasteiger partial charge in [-0.3, -0.25) is 0 Å². The van der Waals surface area contributed by atoms with Crippen molar-refractivity contribution in [3.63, 3.8) is 0 Å². The minimum atomic E-state index is 0.343. The van der Waals surface area contributed by atoms with Crippen LogP contribution in [0.2, 0.25) is 0 Å². The Hall–Kier alpha value is -1.02. The van der Waals surface area contributed by atoms with Gasteiger partial charge in [-0.15, -0.1) is 0 Å². The van der Waals surface area contributed by atoms with Gasteiger partial charge in [0.15, 0.2) is 0 Å². The van der Waals surface area contributed by atoms with Crippen molar-refractivity contribution in [3.05, 3.63) is 29.3 Å². The van der Waals surface area contributed by atoms with Crippen molar-refractivity contribution in [1.82, 2.24) is 0 Å². The van der Waals surface area contributed by atoms with Crippen LogP contribution in [0.25, 0.3) is 0 Å². The fourth-order valence-electron chi connectivity index (χ4n) is 2.66. The van der Waals surface area contributed by atoms with Gasteiger partial charge < -0.3 is 10.6 Å². The minimum Gasteiger partial charge on any atom is -0.374 e. The second-order valence-electron chi connectivity index (χ2n) is 5.00. The SMILES string of the molecule is CN1CCc2cc(C3(CN)CC3)ccc21. The normalized spacial score (nSPS) is 21.6. The van der Waals surface area contributed by atoms with Crippen molar-refractivity contribution in [3.8, 4) is 0 Å². The Morgan fingerprint density at radius 3 is 2.87 bits per heavy atom. The highest BCUT2D eigenvalue weighted by molar-refractivity contribution is 5.59. The van der Waals surface area contributed by atoms with Gasteiger partial charge in [0, 0.05) is 31.2 Å². The molecule has 15 heavy (non-hydrogen) atoms. The van der Waals surface area contributed by atoms with Crippen LogP contribution in [0.15, 0.2) is 18.2 Å². The van der Waals surface area contributed by atoms with Crippen molar-refractivity contribution in [2.24, 2.45) is 5.73 Å². The van der Waals surface area contributed by atoms with E-state index in [1.807, 2.05) is 0 Å². The van der Waals surface area contributed by atoms with E-state index in [0.717, 1.165) is 13.1 Å². The lowest BCUT2D eigenvalue weighted by Gasteiger charge is -2.16. The van der Waals surface area contributed by atoms with Crippen molar-refractivity contribution < 1.29 is 0 Å². The summed E-state index contributed by atoms with van der Waals surface area (Å²) in [5, 5.41) is 0. The average molecular weight is 202 g/mol. The number of anilines is 1. The maximum absolute atomic E-state index is 5.86. The third-order valence-corrected chi connectivity index (χ3v) is 4.06. The van der Waals surface area contributed by atoms with E-state index in [0.29, 0.717) is 5.41 Å². The molecule has 0 unspecified atom stereocenters. The summed E-state index contributed by atoms with van der Waals surface area (Å²) in [4.78, 5) is 2.33. The van der Waals surface area contributed by atoms with Gasteiger partial charge in [-0.05, 0) is 36.5 Å². The number of hydrogen-bond acceptors (Lipinski definition) is 2. The molecule has 0 radical (unpaired) electrons. The summed E-state index contributed by atoms with van der Waals surface area (Å²) in [6, 6.07) is 6.94. The molecule has 80 valence electrons. The Bertz CT molecular complexity index is 394. The van der Waals surface area contributed by atoms with Crippen LogP contribution in [0, 0.1) is 0 Å². The summed E-state index contributed by atoms with van der Waals surface area (Å²) in [6.07, 6.45) is 3.75. The predicted molar refractivity (Wildman–Crippen MR) is 63.4 cm³/mol. The van der Waals surface area contributed by atoms with Gasteiger partial charge >= 0.3 is 0 Å². The Labute approximate surface area is 91.1 Å². The molecule has 1 aliphatic heterocycles. The molecule has 1 aromatic rings. The second-order valence-corrected chi connectivity index (χ2v) is 5.00. The average Bonchev–Trinajstić information content (AvgIpc) is 2.99. The van der Waals surface area contributed by atoms with Crippen LogP contribution in [-0.2, 0) is 11.8 Å². The Morgan fingerprint density at radius 2 is 2.20 bits per heavy atom. The summed E-state index contributed by atoms with van der Waals surface area (Å²) < 4.78 is 0. The zero-order chi connectivity index (χ0) is 10.5. The van der Waals surface area contributed by atoms with Crippen LogP contribution >= 0.6 is 0 Å². The Balaban J connectivity index is 2.00. The highest BCUT2D eigenvalue weighted by Gasteiger charge is 2.43. The summed E-state index contributed by atoms with van der Waals surface area (Å²) in [7, 11) is 2.17. The fraction of sp³-hybridized carbons (Fsp3) is 0.538. The molecule has 3 rings (SSSR count). The van der Waals surface area contributed by atoms with Crippen LogP contribution in [0.1, 0.15) is 24.0 Å². The first kappa shape index (κ1) is 9.22. The van der Waals surface area contributed by atoms with Crippen LogP contribution in [0.3, 0.4) is 0 Å². The van der Waals surface area contributed by atoms with E-state index in [1.54, 1.807) is 0 Å². The molecule has 2 aliphatic rings. The predicted octanol–water partition coefficient (Wildman–Crippen LogP) is 1.67. The van der Waals surface area contributed by atoms with Gasteiger partial charge in [-0.2, -0.15) is 0 Å². The zero-order valence-corrected chi connectivity index (χ0v) is 9.29. The smallest absolute Gasteiger partial charge is 0.0397 e. The molecule has 2 N–H and O–H groups in total. The van der Waals surface area contributed by atoms with E-state index in [9.17, 15) is 0 Å². The molecule has 2 heteroatoms. The number of likely N-dealkylation sites (N-methyl/N-ethyl adjacent to an activating group) is 1. The van der Waals surface area contributed by atoms with E-state index in [2.05, 4.69) is 30.1 Å². The molecule has 1 aliphatic carbocycles. The molecule has 1 aromatic carbocycles. The van der Waals surface area contributed by atoms with Crippen LogP contribution in [-0.4, -0.2) is 20.1 Å². The second kappa shape index (κ2) is 2.99. The van der Waals surface area contributed by atoms with Crippen molar-refractivity contribution >= 4 is 5.69 Å². The topological polar surface area (TPSA) is 29.3 Å². The van der Waals surface area contributed by atoms with Gasteiger partial charge in [0.05, 0.1) is 0 Å². The monoisotopic (exact) mass is 202 g/mol. The molecule has 0 bridgehead atoms. The highest BCUT2D eigenvalue weighted by atomic mass is 15.1. The van der Waals surface area contributed by atoms with E-state index in [-0.39, 0.29) is 0 Å². The largest absolute Gasteiger partial charge is 0.374 e. The van der Waals surface area contributed by atoms with Gasteiger partial charge in [0.2, 0.25) is 0 Å². The number of hydrogen-bond donors (Lipinski definition) is 1. The Morgan fingerprint density at radius 1 is 1.40 bits per heavy atom. The molecular weight excluding hydrogens is 184 g/mol. The van der Waals surface area contributed by atoms with Crippen molar-refractivity contribution in [2.45, 2.75) is 24.7 Å². The van der Waals surface area contributed by atoms with Gasteiger partial charge in [0.25, 0.3) is 0 Å². The third kappa shape index (κ3) is 1.28. The van der Waals surface area contributed by atoms with Crippen LogP contribution in [0.4, 0.5) is 5.69 Å². The molecule has 1 fully saturated rings. The minimum absolute atomic E-state index is 0.343. The fourth-order valence-corrected chi connectivity index (χ4v) is 2.66. The lowest BCUT2D eigenvalue weighted by Crippen LogP contribution is -2.19. The van der Waals surface area contributed by atoms with Gasteiger partial charge in [0.1, 0.15) is 0 Å². The number of nitrogens with zero attached hydrogens (tertiary/aromatic N) is 1. The molecule has 0 aromatic heterocycles. The third-order valence-electron chi connectivity index (χ3n) is 4.06. The molecule has 0 atom stereocenters. The summed E-state index contributed by atoms with van der Waals surface area (Å²) >= 11 is 0. The molecular formula is C13H18N2. The lowest BCUT2D eigenvalue weighted by atomic mass is 9.94. The van der Waals surface area contributed by atoms with Crippen LogP contribution in [0.5, 0.6) is 0 Å². The summed E-state index contributed by atoms with van der Waals surface area (Å²) in [5.74, 6) is 0. The molecule has 2 nitrogen and oxygen atoms in total. The summed E-state index contributed by atoms with van der Waals surface area (Å²) in [5.41, 5.74) is 10.6. The lowest BCUT2D eigenvalue weighted by molar-refractivity contribution is 0.704. The first-order chi connectivity index (χ1) is 7.25. The van der Waals surface area contributed by atoms with E-state index in [4.69, 9.17) is 5.73 Å². The molecule has 0 saturated heterocycles. The van der Waals surface area contributed by atoms with Crippen molar-refractivity contribution in [1.29, 1.82) is 0 Å². The first-order valence-electron chi connectivity index (χ1n) is 5.80. The standard InChI is InChI=1S/C13H18N2/c1-15-7-4-10-8-11(2-3-12(10)15)13(9-14)5-6-13/h2-3,8H,4-7,9,14H2,1H3. The van der Waals surface area contributed by atoms with E-state index >= 15 is 0 Å². The molecule has 0 spiro atoms. The quantitative estimate of drug-likeness (QED) is 0.790. The number of fused-ring (bicyclic) bond motifs is 1. The van der Waals surface area contributed by atoms with E-state index in [1.165, 1.54) is 36.1 Å². The van der Waals surface area contributed by atoms with Gasteiger partial charge in [-0.1, -0.05) is 12.1 Å². The zero-order valence-electron chi connectivity index (χ0n) is 9.29. The number of rotatable bonds is 2. The molecule has 0 amide bonds. The maximum Gasteiger partial charge on any atom is 0.0397 e. The summed E-state index contributed by atoms with van der Waals surface area (Å²) in [6.45, 7) is 1.97. The highest BCUT2D eigenvalue weighted by Crippen LogP contribution is 2.48. The molecule has 1 heterocycles. The Kier molecular flexibility index (Phi) is 1.84. The van der Waals surface area contributed by atoms with E-state index < -0.39 is 0 Å². The number of nitrogens with two attached hydrogens (primary N) is 1. The first-order valence-corrected chi connectivity index (χ1v) is 5.80. The van der Waals surface area contributed by atoms with Crippen molar-refractivity contribution in [2.75, 3.05) is 25.0 Å². The van der Waals surface area contributed by atoms with Crippen LogP contribution < -0.4 is 10.6 Å².